The van der Waals surface area contributed by atoms with Crippen LogP contribution in [0.15, 0.2) is 48.8 Å². The average Bonchev–Trinajstić information content (AvgIpc) is 3.24. The number of aliphatic hydroxyl groups is 1. The predicted molar refractivity (Wildman–Crippen MR) is 84.3 cm³/mol. The molecular weight excluding hydrogens is 312 g/mol. The molecular formula is C16H18N4O4. The zero-order valence-corrected chi connectivity index (χ0v) is 12.8. The minimum Gasteiger partial charge on any atom is -0.388 e. The highest BCUT2D eigenvalue weighted by Gasteiger charge is 2.51. The lowest BCUT2D eigenvalue weighted by molar-refractivity contribution is -0.166. The SMILES string of the molecule is O=C(Nc1ccccc1)N[C@H]1[C@H](O)[C@@H](n2cccn2)[C@@H]2OC[C@H]1O2. The van der Waals surface area contributed by atoms with Crippen LogP contribution in [-0.4, -0.2) is 52.1 Å². The molecule has 4 rings (SSSR count). The van der Waals surface area contributed by atoms with Gasteiger partial charge in [-0.15, -0.1) is 0 Å². The van der Waals surface area contributed by atoms with Crippen LogP contribution in [0.1, 0.15) is 6.04 Å². The third-order valence-electron chi connectivity index (χ3n) is 4.29. The maximum Gasteiger partial charge on any atom is 0.319 e. The summed E-state index contributed by atoms with van der Waals surface area (Å²) in [6, 6.07) is 9.35. The van der Waals surface area contributed by atoms with Gasteiger partial charge in [-0.1, -0.05) is 18.2 Å². The minimum atomic E-state index is -0.877. The van der Waals surface area contributed by atoms with Gasteiger partial charge in [0.25, 0.3) is 0 Å². The van der Waals surface area contributed by atoms with Crippen LogP contribution in [0.2, 0.25) is 0 Å². The Bertz CT molecular complexity index is 693. The fourth-order valence-corrected chi connectivity index (χ4v) is 3.16. The predicted octanol–water partition coefficient (Wildman–Crippen LogP) is 0.730. The summed E-state index contributed by atoms with van der Waals surface area (Å²) in [5, 5.41) is 20.4. The van der Waals surface area contributed by atoms with E-state index >= 15 is 0 Å². The van der Waals surface area contributed by atoms with Crippen LogP contribution in [0, 0.1) is 0 Å². The number of amides is 2. The molecule has 8 heteroatoms. The normalized spacial score (nSPS) is 31.6. The number of urea groups is 1. The number of rotatable bonds is 3. The Hall–Kier alpha value is -2.42. The number of fused-ring (bicyclic) bond motifs is 2. The highest BCUT2D eigenvalue weighted by atomic mass is 16.7. The number of nitrogens with one attached hydrogen (secondary N) is 2. The summed E-state index contributed by atoms with van der Waals surface area (Å²) in [4.78, 5) is 12.2. The topological polar surface area (TPSA) is 97.6 Å². The molecule has 2 fully saturated rings. The van der Waals surface area contributed by atoms with Crippen molar-refractivity contribution in [2.75, 3.05) is 11.9 Å². The number of carbonyl (C=O) groups excluding carboxylic acids is 1. The maximum absolute atomic E-state index is 12.2. The monoisotopic (exact) mass is 330 g/mol. The summed E-state index contributed by atoms with van der Waals surface area (Å²) in [7, 11) is 0. The number of aromatic nitrogens is 2. The lowest BCUT2D eigenvalue weighted by atomic mass is 9.96. The summed E-state index contributed by atoms with van der Waals surface area (Å²) < 4.78 is 13.0. The number of nitrogens with zero attached hydrogens (tertiary/aromatic N) is 2. The first-order valence-corrected chi connectivity index (χ1v) is 7.79. The molecule has 0 radical (unpaired) electrons. The minimum absolute atomic E-state index is 0.315. The average molecular weight is 330 g/mol. The lowest BCUT2D eigenvalue weighted by Gasteiger charge is -2.38. The Labute approximate surface area is 138 Å². The van der Waals surface area contributed by atoms with E-state index in [2.05, 4.69) is 15.7 Å². The number of anilines is 1. The second-order valence-corrected chi connectivity index (χ2v) is 5.83. The fourth-order valence-electron chi connectivity index (χ4n) is 3.16. The van der Waals surface area contributed by atoms with Crippen LogP contribution in [0.4, 0.5) is 10.5 Å². The highest BCUT2D eigenvalue weighted by molar-refractivity contribution is 5.89. The Morgan fingerprint density at radius 2 is 2.12 bits per heavy atom. The molecule has 24 heavy (non-hydrogen) atoms. The van der Waals surface area contributed by atoms with Crippen LogP contribution in [0.25, 0.3) is 0 Å². The number of ether oxygens (including phenoxy) is 2. The molecule has 0 spiro atoms. The molecule has 2 aromatic rings. The number of carbonyl (C=O) groups is 1. The number of aliphatic hydroxyl groups excluding tert-OH is 1. The standard InChI is InChI=1S/C16H18N4O4/c21-14-12(19-16(22)18-10-5-2-1-3-6-10)11-9-23-15(24-11)13(14)20-8-4-7-17-20/h1-8,11-15,21H,9H2,(H2,18,19,22)/t11-,12-,13-,14+,15-/m1/s1. The molecule has 1 aromatic heterocycles. The molecule has 2 saturated heterocycles. The van der Waals surface area contributed by atoms with Gasteiger partial charge in [-0.2, -0.15) is 5.10 Å². The second-order valence-electron chi connectivity index (χ2n) is 5.83. The zero-order valence-electron chi connectivity index (χ0n) is 12.8. The van der Waals surface area contributed by atoms with E-state index in [0.717, 1.165) is 0 Å². The second kappa shape index (κ2) is 6.23. The van der Waals surface area contributed by atoms with Crippen molar-refractivity contribution in [2.45, 2.75) is 30.6 Å². The molecule has 5 atom stereocenters. The molecule has 3 heterocycles. The van der Waals surface area contributed by atoms with Crippen molar-refractivity contribution in [3.8, 4) is 0 Å². The maximum atomic E-state index is 12.2. The summed E-state index contributed by atoms with van der Waals surface area (Å²) in [5.74, 6) is 0. The van der Waals surface area contributed by atoms with E-state index in [4.69, 9.17) is 9.47 Å². The van der Waals surface area contributed by atoms with Gasteiger partial charge in [0.05, 0.1) is 12.6 Å². The van der Waals surface area contributed by atoms with Gasteiger partial charge in [-0.3, -0.25) is 4.68 Å². The van der Waals surface area contributed by atoms with E-state index < -0.39 is 36.6 Å². The van der Waals surface area contributed by atoms with Crippen molar-refractivity contribution in [2.24, 2.45) is 0 Å². The molecule has 2 aliphatic rings. The number of para-hydroxylation sites is 1. The van der Waals surface area contributed by atoms with E-state index in [9.17, 15) is 9.90 Å². The summed E-state index contributed by atoms with van der Waals surface area (Å²) in [6.07, 6.45) is 1.52. The molecule has 8 nitrogen and oxygen atoms in total. The van der Waals surface area contributed by atoms with Gasteiger partial charge >= 0.3 is 6.03 Å². The van der Waals surface area contributed by atoms with Crippen LogP contribution >= 0.6 is 0 Å². The summed E-state index contributed by atoms with van der Waals surface area (Å²) in [6.45, 7) is 0.315. The number of benzene rings is 1. The van der Waals surface area contributed by atoms with Gasteiger partial charge < -0.3 is 25.2 Å². The van der Waals surface area contributed by atoms with Gasteiger partial charge in [0.15, 0.2) is 6.29 Å². The van der Waals surface area contributed by atoms with Gasteiger partial charge in [-0.05, 0) is 18.2 Å². The Morgan fingerprint density at radius 3 is 2.88 bits per heavy atom. The van der Waals surface area contributed by atoms with E-state index in [-0.39, 0.29) is 0 Å². The smallest absolute Gasteiger partial charge is 0.319 e. The molecule has 0 unspecified atom stereocenters. The first kappa shape index (κ1) is 15.1. The van der Waals surface area contributed by atoms with Crippen LogP contribution < -0.4 is 10.6 Å². The quantitative estimate of drug-likeness (QED) is 0.771. The zero-order chi connectivity index (χ0) is 16.5. The summed E-state index contributed by atoms with van der Waals surface area (Å²) >= 11 is 0. The first-order chi connectivity index (χ1) is 11.7. The molecule has 3 N–H and O–H groups in total. The number of hydrogen-bond donors (Lipinski definition) is 3. The van der Waals surface area contributed by atoms with Crippen molar-refractivity contribution in [1.29, 1.82) is 0 Å². The molecule has 2 aliphatic heterocycles. The highest BCUT2D eigenvalue weighted by Crippen LogP contribution is 2.35. The van der Waals surface area contributed by atoms with Crippen LogP contribution in [0.3, 0.4) is 0 Å². The Kier molecular flexibility index (Phi) is 3.93. The van der Waals surface area contributed by atoms with Crippen LogP contribution in [0.5, 0.6) is 0 Å². The van der Waals surface area contributed by atoms with Gasteiger partial charge in [0.1, 0.15) is 18.2 Å². The van der Waals surface area contributed by atoms with Crippen molar-refractivity contribution < 1.29 is 19.4 Å². The first-order valence-electron chi connectivity index (χ1n) is 7.79. The third-order valence-corrected chi connectivity index (χ3v) is 4.29. The van der Waals surface area contributed by atoms with E-state index in [0.29, 0.717) is 12.3 Å². The molecule has 126 valence electrons. The molecule has 2 amide bonds. The summed E-state index contributed by atoms with van der Waals surface area (Å²) in [5.41, 5.74) is 0.672. The van der Waals surface area contributed by atoms with Crippen molar-refractivity contribution in [3.63, 3.8) is 0 Å². The molecule has 1 aromatic carbocycles. The lowest BCUT2D eigenvalue weighted by Crippen LogP contribution is -2.59. The molecule has 0 aliphatic carbocycles. The van der Waals surface area contributed by atoms with Crippen LogP contribution in [-0.2, 0) is 9.47 Å². The molecule has 0 saturated carbocycles. The molecule has 2 bridgehead atoms. The van der Waals surface area contributed by atoms with Gasteiger partial charge in [-0.25, -0.2) is 4.79 Å². The van der Waals surface area contributed by atoms with E-state index in [1.54, 1.807) is 35.3 Å². The van der Waals surface area contributed by atoms with E-state index in [1.807, 2.05) is 18.2 Å². The Balaban J connectivity index is 1.48. The largest absolute Gasteiger partial charge is 0.388 e. The van der Waals surface area contributed by atoms with Crippen molar-refractivity contribution in [3.05, 3.63) is 48.8 Å². The van der Waals surface area contributed by atoms with E-state index in [1.165, 1.54) is 0 Å². The van der Waals surface area contributed by atoms with Crippen molar-refractivity contribution in [1.82, 2.24) is 15.1 Å². The van der Waals surface area contributed by atoms with Gasteiger partial charge in [0.2, 0.25) is 0 Å². The number of hydrogen-bond acceptors (Lipinski definition) is 5. The van der Waals surface area contributed by atoms with Crippen molar-refractivity contribution >= 4 is 11.7 Å². The Morgan fingerprint density at radius 1 is 1.29 bits per heavy atom. The third kappa shape index (κ3) is 2.75. The van der Waals surface area contributed by atoms with Gasteiger partial charge in [0, 0.05) is 18.1 Å². The fraction of sp³-hybridized carbons (Fsp3) is 0.375.